The van der Waals surface area contributed by atoms with Crippen molar-refractivity contribution < 1.29 is 66.5 Å². The number of nitrogens with zero attached hydrogens (tertiary/aromatic N) is 12. The predicted octanol–water partition coefficient (Wildman–Crippen LogP) is 13.1. The highest BCUT2D eigenvalue weighted by Crippen LogP contribution is 2.45. The van der Waals surface area contributed by atoms with Gasteiger partial charge in [-0.3, -0.25) is 22.6 Å². The van der Waals surface area contributed by atoms with Crippen molar-refractivity contribution in [3.8, 4) is 29.5 Å². The van der Waals surface area contributed by atoms with Crippen LogP contribution >= 0.6 is 35.1 Å². The Labute approximate surface area is 500 Å². The Morgan fingerprint density at radius 3 is 1.60 bits per heavy atom. The molecule has 7 rings (SSSR count). The van der Waals surface area contributed by atoms with E-state index in [1.807, 2.05) is 12.1 Å². The van der Waals surface area contributed by atoms with Crippen LogP contribution in [-0.4, -0.2) is 109 Å². The Bertz CT molecular complexity index is 4490. The van der Waals surface area contributed by atoms with Gasteiger partial charge in [0, 0.05) is 26.4 Å². The van der Waals surface area contributed by atoms with Gasteiger partial charge in [-0.15, -0.1) is 49.1 Å². The number of aryl methyl sites for hydroxylation is 3. The van der Waals surface area contributed by atoms with Crippen molar-refractivity contribution in [1.82, 2.24) is 9.38 Å². The molecule has 0 aliphatic heterocycles. The average molecular weight is 1300 g/mol. The number of azo groups is 4. The lowest BCUT2D eigenvalue weighted by Crippen LogP contribution is -2.08. The summed E-state index contributed by atoms with van der Waals surface area (Å²) < 4.78 is 145. The topological polar surface area (TPSA) is 420 Å². The SMILES string of the molecule is COc1ccc2c(nc3c(C#N)c(C)c(N=Nc4cc(C)c(N=Nc5cc(C)c(N=Nc6cc(C)c(N=Nc7ccc(Cl)cc7C#N)cc6SCCCS(=O)(=O)O)cc5SCCCS(=O)(=O)O)cc4OCCCS(=O)(=O)O)c(O)n32)c1S(=O)(=O)O. The number of fused-ring (bicyclic) bond motifs is 3. The fourth-order valence-electron chi connectivity index (χ4n) is 7.98. The zero-order chi connectivity index (χ0) is 62.2. The molecule has 0 fully saturated rings. The van der Waals surface area contributed by atoms with Gasteiger partial charge in [-0.2, -0.15) is 59.5 Å². The van der Waals surface area contributed by atoms with E-state index in [1.165, 1.54) is 67.9 Å². The quantitative estimate of drug-likeness (QED) is 0.0154. The first-order valence-electron chi connectivity index (χ1n) is 24.7. The lowest BCUT2D eigenvalue weighted by Gasteiger charge is -2.12. The summed E-state index contributed by atoms with van der Waals surface area (Å²) in [5, 5.41) is 67.4. The van der Waals surface area contributed by atoms with Crippen molar-refractivity contribution in [3.05, 3.63) is 105 Å². The predicted molar refractivity (Wildman–Crippen MR) is 317 cm³/mol. The van der Waals surface area contributed by atoms with Gasteiger partial charge in [-0.05, 0) is 136 Å². The summed E-state index contributed by atoms with van der Waals surface area (Å²) in [6.07, 6.45) is -0.0724. The van der Waals surface area contributed by atoms with Crippen LogP contribution in [0.3, 0.4) is 0 Å². The number of methoxy groups -OCH3 is 1. The molecule has 0 radical (unpaired) electrons. The van der Waals surface area contributed by atoms with Crippen LogP contribution < -0.4 is 9.47 Å². The van der Waals surface area contributed by atoms with E-state index in [0.717, 1.165) is 4.40 Å². The highest BCUT2D eigenvalue weighted by atomic mass is 35.5. The normalized spacial score (nSPS) is 12.6. The number of halogens is 1. The standard InChI is InChI=1S/C51H49ClN12O15S6/c1-28-19-39(60-63-47-31(4)34(27-54)50-55-48-42(64(50)51(47)65)11-12-43(78-5)49(48)85(75,76)77)44(79-13-6-16-82(66,67)68)23-36(28)57-61-40-21-30(3)38(25-46(40)81-15-8-18-84(72,73)74)59-62-41-20-29(2)37(24-45(41)80-14-7-17-83(69,70)71)58-56-35-10-9-33(52)22-32(35)26-53/h9-12,19-25,65H,6-8,13-18H2,1-5H3,(H,66,67,68)(H,69,70,71)(H,72,73,74)(H,75,76,77). The Balaban J connectivity index is 1.27. The smallest absolute Gasteiger partial charge is 0.300 e. The summed E-state index contributed by atoms with van der Waals surface area (Å²) >= 11 is 8.45. The molecular weight excluding hydrogens is 1250 g/mol. The minimum atomic E-state index is -4.96. The van der Waals surface area contributed by atoms with Crippen molar-refractivity contribution >= 4 is 138 Å². The third-order valence-corrected chi connectivity index (χ3v) is 17.9. The summed E-state index contributed by atoms with van der Waals surface area (Å²) in [6.45, 7) is 6.25. The van der Waals surface area contributed by atoms with Crippen molar-refractivity contribution in [2.24, 2.45) is 40.9 Å². The number of pyridine rings is 1. The number of hydrogen-bond donors (Lipinski definition) is 5. The fraction of sp³-hybridized carbons (Fsp3) is 0.275. The van der Waals surface area contributed by atoms with Crippen LogP contribution in [-0.2, 0) is 40.5 Å². The van der Waals surface area contributed by atoms with Crippen LogP contribution in [0.25, 0.3) is 16.7 Å². The first-order valence-corrected chi connectivity index (χ1v) is 33.3. The molecule has 0 saturated heterocycles. The molecule has 0 amide bonds. The molecule has 7 aromatic rings. The fourth-order valence-corrected chi connectivity index (χ4v) is 12.7. The van der Waals surface area contributed by atoms with E-state index < -0.39 is 68.5 Å². The van der Waals surface area contributed by atoms with Gasteiger partial charge in [0.05, 0.1) is 70.5 Å². The van der Waals surface area contributed by atoms with Crippen LogP contribution in [0.15, 0.2) is 122 Å². The molecule has 0 unspecified atom stereocenters. The maximum Gasteiger partial charge on any atom is 0.300 e. The first kappa shape index (κ1) is 65.0. The molecule has 2 heterocycles. The minimum Gasteiger partial charge on any atom is -0.495 e. The zero-order valence-corrected chi connectivity index (χ0v) is 50.9. The highest BCUT2D eigenvalue weighted by molar-refractivity contribution is 7.99. The van der Waals surface area contributed by atoms with Crippen LogP contribution in [0.5, 0.6) is 17.4 Å². The molecule has 27 nitrogen and oxygen atoms in total. The molecule has 0 saturated carbocycles. The van der Waals surface area contributed by atoms with Crippen molar-refractivity contribution in [2.75, 3.05) is 42.5 Å². The molecule has 0 spiro atoms. The molecule has 446 valence electrons. The van der Waals surface area contributed by atoms with E-state index >= 15 is 0 Å². The highest BCUT2D eigenvalue weighted by Gasteiger charge is 2.28. The van der Waals surface area contributed by atoms with E-state index in [-0.39, 0.29) is 111 Å². The van der Waals surface area contributed by atoms with Crippen molar-refractivity contribution in [3.63, 3.8) is 0 Å². The lowest BCUT2D eigenvalue weighted by atomic mass is 10.1. The molecule has 5 aromatic carbocycles. The largest absolute Gasteiger partial charge is 0.495 e. The summed E-state index contributed by atoms with van der Waals surface area (Å²) in [7, 11) is -16.7. The van der Waals surface area contributed by atoms with E-state index in [4.69, 9.17) is 21.1 Å². The number of imidazole rings is 1. The molecule has 85 heavy (non-hydrogen) atoms. The molecular formula is C51H49ClN12O15S6. The minimum absolute atomic E-state index is 0.00347. The van der Waals surface area contributed by atoms with Gasteiger partial charge in [0.15, 0.2) is 16.2 Å². The van der Waals surface area contributed by atoms with Gasteiger partial charge in [0.2, 0.25) is 5.88 Å². The number of aromatic hydroxyl groups is 1. The van der Waals surface area contributed by atoms with Crippen LogP contribution in [0.2, 0.25) is 5.02 Å². The average Bonchev–Trinajstić information content (AvgIpc) is 1.66. The molecule has 5 N–H and O–H groups in total. The number of benzene rings is 5. The summed E-state index contributed by atoms with van der Waals surface area (Å²) in [5.74, 6) is -2.23. The van der Waals surface area contributed by atoms with Crippen LogP contribution in [0, 0.1) is 50.4 Å². The van der Waals surface area contributed by atoms with E-state index in [2.05, 4.69) is 45.9 Å². The number of ether oxygens (including phenoxy) is 2. The Kier molecular flexibility index (Phi) is 20.8. The number of nitriles is 2. The number of hydrogen-bond acceptors (Lipinski definition) is 24. The Morgan fingerprint density at radius 1 is 0.600 bits per heavy atom. The Hall–Kier alpha value is -7.54. The van der Waals surface area contributed by atoms with Gasteiger partial charge in [-0.25, -0.2) is 4.98 Å². The molecule has 0 aliphatic carbocycles. The maximum absolute atomic E-state index is 12.5. The monoisotopic (exact) mass is 1300 g/mol. The lowest BCUT2D eigenvalue weighted by molar-refractivity contribution is 0.317. The third-order valence-electron chi connectivity index (χ3n) is 12.1. The van der Waals surface area contributed by atoms with Gasteiger partial charge in [0.1, 0.15) is 46.1 Å². The van der Waals surface area contributed by atoms with Gasteiger partial charge >= 0.3 is 0 Å². The molecule has 0 aliphatic rings. The number of thioether (sulfide) groups is 2. The van der Waals surface area contributed by atoms with Gasteiger partial charge in [-0.1, -0.05) is 11.6 Å². The first-order chi connectivity index (χ1) is 40.0. The van der Waals surface area contributed by atoms with Crippen molar-refractivity contribution in [2.45, 2.75) is 61.6 Å². The number of aromatic nitrogens is 2. The van der Waals surface area contributed by atoms with Gasteiger partial charge < -0.3 is 14.6 Å². The van der Waals surface area contributed by atoms with E-state index in [9.17, 15) is 67.5 Å². The zero-order valence-electron chi connectivity index (χ0n) is 45.2. The Morgan fingerprint density at radius 2 is 1.09 bits per heavy atom. The van der Waals surface area contributed by atoms with Gasteiger partial charge in [0.25, 0.3) is 40.5 Å². The molecule has 0 bridgehead atoms. The third kappa shape index (κ3) is 16.9. The molecule has 0 atom stereocenters. The summed E-state index contributed by atoms with van der Waals surface area (Å²) in [6, 6.07) is 20.6. The summed E-state index contributed by atoms with van der Waals surface area (Å²) in [5.41, 5.74) is 2.62. The van der Waals surface area contributed by atoms with Crippen LogP contribution in [0.1, 0.15) is 52.6 Å². The maximum atomic E-state index is 12.5. The second kappa shape index (κ2) is 27.2. The summed E-state index contributed by atoms with van der Waals surface area (Å²) in [4.78, 5) is 4.53. The molecule has 34 heteroatoms. The van der Waals surface area contributed by atoms with Crippen LogP contribution in [0.4, 0.5) is 45.5 Å². The van der Waals surface area contributed by atoms with Crippen molar-refractivity contribution in [1.29, 1.82) is 10.5 Å². The second-order valence-electron chi connectivity index (χ2n) is 18.4. The second-order valence-corrected chi connectivity index (χ2v) is 27.1. The number of rotatable bonds is 25. The van der Waals surface area contributed by atoms with E-state index in [1.54, 1.807) is 57.2 Å². The molecule has 2 aromatic heterocycles. The van der Waals surface area contributed by atoms with E-state index in [0.29, 0.717) is 48.6 Å².